The first kappa shape index (κ1) is 9.77. The van der Waals surface area contributed by atoms with Gasteiger partial charge in [-0.1, -0.05) is 19.9 Å². The lowest BCUT2D eigenvalue weighted by atomic mass is 10.1. The largest absolute Gasteiger partial charge is 0.481 e. The second kappa shape index (κ2) is 2.87. The molecule has 0 aliphatic heterocycles. The molecule has 13 heavy (non-hydrogen) atoms. The smallest absolute Gasteiger partial charge is 0.327 e. The van der Waals surface area contributed by atoms with Gasteiger partial charge in [0.25, 0.3) is 0 Å². The van der Waals surface area contributed by atoms with Crippen molar-refractivity contribution in [1.82, 2.24) is 0 Å². The Morgan fingerprint density at radius 3 is 2.15 bits per heavy atom. The van der Waals surface area contributed by atoms with E-state index < -0.39 is 17.9 Å². The van der Waals surface area contributed by atoms with Crippen LogP contribution >= 0.6 is 0 Å². The van der Waals surface area contributed by atoms with Gasteiger partial charge in [-0.05, 0) is 11.3 Å². The predicted molar refractivity (Wildman–Crippen MR) is 45.2 cm³/mol. The Bertz CT molecular complexity index is 277. The first-order chi connectivity index (χ1) is 5.87. The van der Waals surface area contributed by atoms with Crippen molar-refractivity contribution < 1.29 is 19.8 Å². The third kappa shape index (κ3) is 1.71. The van der Waals surface area contributed by atoms with Gasteiger partial charge in [0.15, 0.2) is 0 Å². The van der Waals surface area contributed by atoms with Gasteiger partial charge in [-0.15, -0.1) is 0 Å². The van der Waals surface area contributed by atoms with Gasteiger partial charge in [-0.2, -0.15) is 0 Å². The van der Waals surface area contributed by atoms with Gasteiger partial charge in [0.2, 0.25) is 0 Å². The lowest BCUT2D eigenvalue weighted by molar-refractivity contribution is -0.139. The molecule has 0 aromatic heterocycles. The van der Waals surface area contributed by atoms with Crippen molar-refractivity contribution in [3.05, 3.63) is 12.2 Å². The molecular formula is C9H12O4. The third-order valence-electron chi connectivity index (χ3n) is 2.62. The molecule has 0 radical (unpaired) electrons. The van der Waals surface area contributed by atoms with E-state index in [-0.39, 0.29) is 11.3 Å². The fourth-order valence-electron chi connectivity index (χ4n) is 1.69. The van der Waals surface area contributed by atoms with E-state index in [2.05, 4.69) is 0 Å². The predicted octanol–water partition coefficient (Wildman–Crippen LogP) is 0.984. The summed E-state index contributed by atoms with van der Waals surface area (Å²) in [6.45, 7) is 3.64. The minimum Gasteiger partial charge on any atom is -0.481 e. The topological polar surface area (TPSA) is 74.6 Å². The maximum Gasteiger partial charge on any atom is 0.327 e. The highest BCUT2D eigenvalue weighted by atomic mass is 16.4. The van der Waals surface area contributed by atoms with Crippen molar-refractivity contribution in [3.63, 3.8) is 0 Å². The number of carboxylic acid groups (broad SMARTS) is 2. The van der Waals surface area contributed by atoms with Crippen LogP contribution in [0.2, 0.25) is 0 Å². The summed E-state index contributed by atoms with van der Waals surface area (Å²) in [6, 6.07) is 0. The quantitative estimate of drug-likeness (QED) is 0.641. The zero-order valence-electron chi connectivity index (χ0n) is 7.52. The van der Waals surface area contributed by atoms with Crippen molar-refractivity contribution in [3.8, 4) is 0 Å². The highest BCUT2D eigenvalue weighted by Gasteiger charge is 2.60. The maximum atomic E-state index is 10.7. The molecule has 4 nitrogen and oxygen atoms in total. The monoisotopic (exact) mass is 184 g/mol. The van der Waals surface area contributed by atoms with Crippen LogP contribution in [-0.4, -0.2) is 22.2 Å². The maximum absolute atomic E-state index is 10.7. The van der Waals surface area contributed by atoms with E-state index in [1.807, 2.05) is 13.8 Å². The molecule has 1 aliphatic rings. The Morgan fingerprint density at radius 1 is 1.31 bits per heavy atom. The molecule has 0 bridgehead atoms. The molecular weight excluding hydrogens is 172 g/mol. The first-order valence-electron chi connectivity index (χ1n) is 4.01. The molecule has 0 aromatic rings. The molecule has 0 amide bonds. The van der Waals surface area contributed by atoms with Crippen LogP contribution in [0.1, 0.15) is 13.8 Å². The van der Waals surface area contributed by atoms with Crippen molar-refractivity contribution in [2.75, 3.05) is 0 Å². The molecule has 0 heterocycles. The second-order valence-electron chi connectivity index (χ2n) is 3.86. The molecule has 2 N–H and O–H groups in total. The van der Waals surface area contributed by atoms with E-state index >= 15 is 0 Å². The van der Waals surface area contributed by atoms with Gasteiger partial charge in [-0.3, -0.25) is 4.79 Å². The molecule has 0 spiro atoms. The van der Waals surface area contributed by atoms with Gasteiger partial charge in [0.1, 0.15) is 0 Å². The van der Waals surface area contributed by atoms with Gasteiger partial charge in [0, 0.05) is 6.08 Å². The van der Waals surface area contributed by atoms with Gasteiger partial charge in [0.05, 0.1) is 5.92 Å². The Labute approximate surface area is 75.9 Å². The van der Waals surface area contributed by atoms with Crippen molar-refractivity contribution in [2.24, 2.45) is 17.3 Å². The summed E-state index contributed by atoms with van der Waals surface area (Å²) in [5.74, 6) is -2.49. The lowest BCUT2D eigenvalue weighted by Gasteiger charge is -1.95. The molecule has 1 saturated carbocycles. The van der Waals surface area contributed by atoms with Crippen LogP contribution in [0.15, 0.2) is 12.2 Å². The summed E-state index contributed by atoms with van der Waals surface area (Å²) in [5.41, 5.74) is -0.308. The molecule has 0 aromatic carbocycles. The van der Waals surface area contributed by atoms with E-state index in [4.69, 9.17) is 10.2 Å². The number of carboxylic acids is 2. The number of hydrogen-bond donors (Lipinski definition) is 2. The zero-order valence-corrected chi connectivity index (χ0v) is 7.52. The third-order valence-corrected chi connectivity index (χ3v) is 2.62. The molecule has 1 aliphatic carbocycles. The Hall–Kier alpha value is -1.32. The van der Waals surface area contributed by atoms with Crippen molar-refractivity contribution in [1.29, 1.82) is 0 Å². The number of rotatable bonds is 3. The van der Waals surface area contributed by atoms with Crippen LogP contribution in [0.3, 0.4) is 0 Å². The Balaban J connectivity index is 2.66. The van der Waals surface area contributed by atoms with Crippen molar-refractivity contribution >= 4 is 11.9 Å². The summed E-state index contributed by atoms with van der Waals surface area (Å²) < 4.78 is 0. The number of allylic oxidation sites excluding steroid dienone is 1. The van der Waals surface area contributed by atoms with Crippen LogP contribution in [0.4, 0.5) is 0 Å². The second-order valence-corrected chi connectivity index (χ2v) is 3.86. The molecule has 0 saturated heterocycles. The van der Waals surface area contributed by atoms with E-state index in [9.17, 15) is 9.59 Å². The minimum absolute atomic E-state index is 0.152. The molecule has 1 rings (SSSR count). The van der Waals surface area contributed by atoms with E-state index in [1.165, 1.54) is 6.08 Å². The summed E-state index contributed by atoms with van der Waals surface area (Å²) in [4.78, 5) is 20.8. The van der Waals surface area contributed by atoms with Crippen molar-refractivity contribution in [2.45, 2.75) is 13.8 Å². The summed E-state index contributed by atoms with van der Waals surface area (Å²) in [6.07, 6.45) is 2.47. The highest BCUT2D eigenvalue weighted by molar-refractivity contribution is 5.81. The van der Waals surface area contributed by atoms with E-state index in [1.54, 1.807) is 0 Å². The standard InChI is InChI=1S/C9H12O4/c1-9(2)5(3-4-6(10)11)7(9)8(12)13/h3-5,7H,1-2H3,(H,10,11)(H,12,13)/b4-3+/t5-,7+/m1/s1. The van der Waals surface area contributed by atoms with Crippen LogP contribution in [0.25, 0.3) is 0 Å². The average Bonchev–Trinajstić information content (AvgIpc) is 2.48. The van der Waals surface area contributed by atoms with Crippen LogP contribution in [0, 0.1) is 17.3 Å². The SMILES string of the molecule is CC1(C)[C@H](/C=C/C(=O)O)[C@H]1C(=O)O. The zero-order chi connectivity index (χ0) is 10.2. The lowest BCUT2D eigenvalue weighted by Crippen LogP contribution is -2.03. The normalized spacial score (nSPS) is 30.3. The molecule has 1 fully saturated rings. The van der Waals surface area contributed by atoms with E-state index in [0.29, 0.717) is 0 Å². The van der Waals surface area contributed by atoms with Crippen LogP contribution < -0.4 is 0 Å². The first-order valence-corrected chi connectivity index (χ1v) is 4.01. The summed E-state index contributed by atoms with van der Waals surface area (Å²) >= 11 is 0. The Kier molecular flexibility index (Phi) is 2.15. The summed E-state index contributed by atoms with van der Waals surface area (Å²) in [5, 5.41) is 17.1. The molecule has 4 heteroatoms. The molecule has 72 valence electrons. The van der Waals surface area contributed by atoms with Crippen LogP contribution in [0.5, 0.6) is 0 Å². The van der Waals surface area contributed by atoms with Gasteiger partial charge >= 0.3 is 11.9 Å². The van der Waals surface area contributed by atoms with Gasteiger partial charge < -0.3 is 10.2 Å². The average molecular weight is 184 g/mol. The molecule has 2 atom stereocenters. The van der Waals surface area contributed by atoms with Crippen LogP contribution in [-0.2, 0) is 9.59 Å². The Morgan fingerprint density at radius 2 is 1.85 bits per heavy atom. The minimum atomic E-state index is -1.04. The highest BCUT2D eigenvalue weighted by Crippen LogP contribution is 2.58. The van der Waals surface area contributed by atoms with E-state index in [0.717, 1.165) is 6.08 Å². The fourth-order valence-corrected chi connectivity index (χ4v) is 1.69. The van der Waals surface area contributed by atoms with Gasteiger partial charge in [-0.25, -0.2) is 4.79 Å². The number of hydrogen-bond acceptors (Lipinski definition) is 2. The number of aliphatic carboxylic acids is 2. The number of carbonyl (C=O) groups is 2. The fraction of sp³-hybridized carbons (Fsp3) is 0.556. The summed E-state index contributed by atoms with van der Waals surface area (Å²) in [7, 11) is 0. The molecule has 0 unspecified atom stereocenters.